The number of halogens is 1. The highest BCUT2D eigenvalue weighted by atomic mass is 35.5. The third-order valence-corrected chi connectivity index (χ3v) is 1.94. The van der Waals surface area contributed by atoms with Crippen LogP contribution in [0.3, 0.4) is 0 Å². The van der Waals surface area contributed by atoms with Gasteiger partial charge in [0.15, 0.2) is 0 Å². The largest absolute Gasteiger partial charge is 0.275 e. The molecule has 0 bridgehead atoms. The first-order valence-electron chi connectivity index (χ1n) is 3.01. The molecule has 0 fully saturated rings. The normalized spacial score (nSPS) is 9.18. The van der Waals surface area contributed by atoms with E-state index in [0.717, 1.165) is 0 Å². The van der Waals surface area contributed by atoms with E-state index < -0.39 is 5.24 Å². The van der Waals surface area contributed by atoms with Crippen molar-refractivity contribution in [2.24, 2.45) is 0 Å². The first-order valence-corrected chi connectivity index (χ1v) is 3.79. The molecule has 0 radical (unpaired) electrons. The van der Waals surface area contributed by atoms with Crippen molar-refractivity contribution in [2.45, 2.75) is 0 Å². The van der Waals surface area contributed by atoms with Gasteiger partial charge in [-0.3, -0.25) is 4.79 Å². The summed E-state index contributed by atoms with van der Waals surface area (Å²) < 4.78 is 0. The smallest absolute Gasteiger partial charge is 0.263 e. The van der Waals surface area contributed by atoms with Crippen molar-refractivity contribution in [2.75, 3.05) is 0 Å². The van der Waals surface area contributed by atoms with Crippen LogP contribution in [0, 0.1) is 0 Å². The Morgan fingerprint density at radius 3 is 2.27 bits per heavy atom. The summed E-state index contributed by atoms with van der Waals surface area (Å²) in [5.41, 5.74) is 0.697. The summed E-state index contributed by atoms with van der Waals surface area (Å²) in [6, 6.07) is 8.97. The van der Waals surface area contributed by atoms with Gasteiger partial charge in [0.05, 0.1) is 0 Å². The molecule has 0 atom stereocenters. The average molecular weight is 185 g/mol. The number of carbonyl (C=O) groups excluding carboxylic acids is 1. The number of thiocarbonyl (C=S) groups is 1. The van der Waals surface area contributed by atoms with Crippen molar-refractivity contribution >= 4 is 33.9 Å². The molecule has 0 aromatic heterocycles. The summed E-state index contributed by atoms with van der Waals surface area (Å²) in [7, 11) is 0. The second-order valence-corrected chi connectivity index (χ2v) is 2.72. The van der Waals surface area contributed by atoms with Crippen LogP contribution in [-0.2, 0) is 4.79 Å². The van der Waals surface area contributed by atoms with E-state index >= 15 is 0 Å². The van der Waals surface area contributed by atoms with Crippen LogP contribution in [-0.4, -0.2) is 10.1 Å². The maximum atomic E-state index is 10.6. The number of hydrogen-bond acceptors (Lipinski definition) is 2. The van der Waals surface area contributed by atoms with Gasteiger partial charge in [-0.1, -0.05) is 42.5 Å². The molecule has 0 unspecified atom stereocenters. The fraction of sp³-hybridized carbons (Fsp3) is 0. The zero-order valence-electron chi connectivity index (χ0n) is 5.58. The van der Waals surface area contributed by atoms with Crippen LogP contribution < -0.4 is 0 Å². The van der Waals surface area contributed by atoms with Crippen LogP contribution in [0.25, 0.3) is 0 Å². The lowest BCUT2D eigenvalue weighted by atomic mass is 10.2. The monoisotopic (exact) mass is 184 g/mol. The standard InChI is InChI=1S/C8H5ClOS/c9-8(10)7(11)6-4-2-1-3-5-6/h1-5H. The van der Waals surface area contributed by atoms with Gasteiger partial charge in [0, 0.05) is 0 Å². The molecule has 11 heavy (non-hydrogen) atoms. The molecule has 56 valence electrons. The van der Waals surface area contributed by atoms with Crippen molar-refractivity contribution in [3.63, 3.8) is 0 Å². The Morgan fingerprint density at radius 2 is 1.82 bits per heavy atom. The Balaban J connectivity index is 2.95. The van der Waals surface area contributed by atoms with Gasteiger partial charge < -0.3 is 0 Å². The second-order valence-electron chi connectivity index (χ2n) is 1.97. The minimum absolute atomic E-state index is 0.173. The Kier molecular flexibility index (Phi) is 2.74. The van der Waals surface area contributed by atoms with Crippen LogP contribution >= 0.6 is 23.8 Å². The third-order valence-electron chi connectivity index (χ3n) is 1.21. The summed E-state index contributed by atoms with van der Waals surface area (Å²) in [4.78, 5) is 10.7. The van der Waals surface area contributed by atoms with E-state index in [9.17, 15) is 4.79 Å². The molecule has 0 saturated carbocycles. The highest BCUT2D eigenvalue weighted by Gasteiger charge is 2.06. The van der Waals surface area contributed by atoms with E-state index in [-0.39, 0.29) is 4.86 Å². The van der Waals surface area contributed by atoms with Gasteiger partial charge in [-0.05, 0) is 17.2 Å². The molecule has 1 rings (SSSR count). The average Bonchev–Trinajstić information content (AvgIpc) is 2.05. The molecule has 1 aromatic carbocycles. The summed E-state index contributed by atoms with van der Waals surface area (Å²) in [5.74, 6) is 0. The van der Waals surface area contributed by atoms with E-state index in [1.54, 1.807) is 12.1 Å². The van der Waals surface area contributed by atoms with Gasteiger partial charge in [-0.15, -0.1) is 0 Å². The van der Waals surface area contributed by atoms with Gasteiger partial charge in [0.2, 0.25) is 0 Å². The Labute approximate surface area is 75.0 Å². The predicted molar refractivity (Wildman–Crippen MR) is 49.0 cm³/mol. The van der Waals surface area contributed by atoms with Gasteiger partial charge >= 0.3 is 0 Å². The van der Waals surface area contributed by atoms with Crippen molar-refractivity contribution in [3.05, 3.63) is 35.9 Å². The van der Waals surface area contributed by atoms with Crippen molar-refractivity contribution in [3.8, 4) is 0 Å². The summed E-state index contributed by atoms with van der Waals surface area (Å²) in [6.07, 6.45) is 0. The SMILES string of the molecule is O=C(Cl)C(=S)c1ccccc1. The highest BCUT2D eigenvalue weighted by Crippen LogP contribution is 2.03. The molecule has 0 aliphatic carbocycles. The van der Waals surface area contributed by atoms with E-state index in [1.165, 1.54) is 0 Å². The first kappa shape index (κ1) is 8.37. The zero-order chi connectivity index (χ0) is 8.27. The predicted octanol–water partition coefficient (Wildman–Crippen LogP) is 2.17. The Morgan fingerprint density at radius 1 is 1.27 bits per heavy atom. The molecule has 0 N–H and O–H groups in total. The zero-order valence-corrected chi connectivity index (χ0v) is 7.15. The minimum Gasteiger partial charge on any atom is -0.275 e. The maximum Gasteiger partial charge on any atom is 0.263 e. The summed E-state index contributed by atoms with van der Waals surface area (Å²) in [6.45, 7) is 0. The fourth-order valence-corrected chi connectivity index (χ4v) is 0.948. The number of rotatable bonds is 2. The molecule has 0 aliphatic heterocycles. The molecular formula is C8H5ClOS. The van der Waals surface area contributed by atoms with E-state index in [1.807, 2.05) is 18.2 Å². The van der Waals surface area contributed by atoms with E-state index in [0.29, 0.717) is 5.56 Å². The quantitative estimate of drug-likeness (QED) is 0.398. The van der Waals surface area contributed by atoms with E-state index in [4.69, 9.17) is 23.8 Å². The maximum absolute atomic E-state index is 10.6. The van der Waals surface area contributed by atoms with Crippen LogP contribution in [0.4, 0.5) is 0 Å². The van der Waals surface area contributed by atoms with Gasteiger partial charge in [0.25, 0.3) is 5.24 Å². The lowest BCUT2D eigenvalue weighted by molar-refractivity contribution is -0.106. The van der Waals surface area contributed by atoms with Crippen LogP contribution in [0.1, 0.15) is 5.56 Å². The number of carbonyl (C=O) groups is 1. The molecular weight excluding hydrogens is 180 g/mol. The van der Waals surface area contributed by atoms with Gasteiger partial charge in [0.1, 0.15) is 4.86 Å². The second kappa shape index (κ2) is 3.60. The third kappa shape index (κ3) is 2.10. The lowest BCUT2D eigenvalue weighted by Crippen LogP contribution is -2.04. The molecule has 0 heterocycles. The lowest BCUT2D eigenvalue weighted by Gasteiger charge is -1.95. The van der Waals surface area contributed by atoms with Crippen LogP contribution in [0.15, 0.2) is 30.3 Å². The Bertz CT molecular complexity index is 281. The topological polar surface area (TPSA) is 17.1 Å². The molecule has 0 saturated heterocycles. The highest BCUT2D eigenvalue weighted by molar-refractivity contribution is 7.83. The number of benzene rings is 1. The first-order chi connectivity index (χ1) is 5.22. The van der Waals surface area contributed by atoms with E-state index in [2.05, 4.69) is 0 Å². The number of hydrogen-bond donors (Lipinski definition) is 0. The van der Waals surface area contributed by atoms with Crippen molar-refractivity contribution in [1.29, 1.82) is 0 Å². The van der Waals surface area contributed by atoms with Crippen molar-refractivity contribution in [1.82, 2.24) is 0 Å². The molecule has 1 aromatic rings. The van der Waals surface area contributed by atoms with Crippen LogP contribution in [0.2, 0.25) is 0 Å². The van der Waals surface area contributed by atoms with Crippen molar-refractivity contribution < 1.29 is 4.79 Å². The Hall–Kier alpha value is -0.730. The molecule has 0 amide bonds. The molecule has 1 nitrogen and oxygen atoms in total. The van der Waals surface area contributed by atoms with Crippen LogP contribution in [0.5, 0.6) is 0 Å². The summed E-state index contributed by atoms with van der Waals surface area (Å²) >= 11 is 9.95. The van der Waals surface area contributed by atoms with Gasteiger partial charge in [-0.2, -0.15) is 0 Å². The molecule has 3 heteroatoms. The fourth-order valence-electron chi connectivity index (χ4n) is 0.703. The minimum atomic E-state index is -0.578. The molecule has 0 spiro atoms. The molecule has 0 aliphatic rings. The van der Waals surface area contributed by atoms with Gasteiger partial charge in [-0.25, -0.2) is 0 Å². The summed E-state index contributed by atoms with van der Waals surface area (Å²) in [5, 5.41) is -0.578.